The maximum atomic E-state index is 12.2. The zero-order valence-electron chi connectivity index (χ0n) is 25.7. The summed E-state index contributed by atoms with van der Waals surface area (Å²) in [5.41, 5.74) is 16.7. The highest BCUT2D eigenvalue weighted by molar-refractivity contribution is 6.32. The van der Waals surface area contributed by atoms with Crippen molar-refractivity contribution in [2.45, 2.75) is 80.1 Å². The van der Waals surface area contributed by atoms with Gasteiger partial charge in [-0.2, -0.15) is 0 Å². The maximum absolute atomic E-state index is 12.2. The molecule has 1 saturated carbocycles. The number of aromatic amines is 1. The number of allylic oxidation sites excluding steroid dienone is 7. The smallest absolute Gasteiger partial charge is 0.305 e. The number of nitrogens with zero attached hydrogens (tertiary/aromatic N) is 3. The van der Waals surface area contributed by atoms with Crippen molar-refractivity contribution in [3.8, 4) is 0 Å². The zero-order valence-corrected chi connectivity index (χ0v) is 25.7. The van der Waals surface area contributed by atoms with Crippen molar-refractivity contribution in [2.75, 3.05) is 7.11 Å². The van der Waals surface area contributed by atoms with Crippen molar-refractivity contribution in [2.24, 2.45) is 26.8 Å². The van der Waals surface area contributed by atoms with E-state index in [1.54, 1.807) is 0 Å². The quantitative estimate of drug-likeness (QED) is 0.283. The number of fused-ring (bicyclic) bond motifs is 5. The molecule has 0 aromatic carbocycles. The fourth-order valence-electron chi connectivity index (χ4n) is 7.38. The molecular weight excluding hydrogens is 524 g/mol. The monoisotopic (exact) mass is 564 g/mol. The minimum Gasteiger partial charge on any atom is -0.515 e. The van der Waals surface area contributed by atoms with E-state index in [0.29, 0.717) is 18.4 Å². The van der Waals surface area contributed by atoms with Crippen molar-refractivity contribution in [3.63, 3.8) is 0 Å². The van der Waals surface area contributed by atoms with Crippen molar-refractivity contribution in [3.05, 3.63) is 79.3 Å². The van der Waals surface area contributed by atoms with Crippen LogP contribution in [0.5, 0.6) is 0 Å². The van der Waals surface area contributed by atoms with Gasteiger partial charge >= 0.3 is 5.97 Å². The number of aromatic nitrogens is 1. The van der Waals surface area contributed by atoms with Gasteiger partial charge in [-0.1, -0.05) is 20.8 Å². The van der Waals surface area contributed by atoms with E-state index in [9.17, 15) is 9.90 Å². The summed E-state index contributed by atoms with van der Waals surface area (Å²) in [5.74, 6) is -0.246. The lowest BCUT2D eigenvalue weighted by atomic mass is 9.82. The van der Waals surface area contributed by atoms with E-state index in [4.69, 9.17) is 19.7 Å². The summed E-state index contributed by atoms with van der Waals surface area (Å²) in [6, 6.07) is 0. The first kappa shape index (κ1) is 28.1. The maximum Gasteiger partial charge on any atom is 0.305 e. The minimum atomic E-state index is -0.226. The number of ether oxygens (including phenoxy) is 1. The average Bonchev–Trinajstić information content (AvgIpc) is 3.75. The summed E-state index contributed by atoms with van der Waals surface area (Å²) in [4.78, 5) is 31.6. The number of aliphatic hydroxyl groups is 1. The molecule has 6 rings (SSSR count). The molecule has 0 amide bonds. The summed E-state index contributed by atoms with van der Waals surface area (Å²) < 4.78 is 5.00. The molecule has 5 aliphatic rings. The normalized spacial score (nSPS) is 24.0. The molecule has 7 nitrogen and oxygen atoms in total. The fraction of sp³-hybridized carbons (Fsp3) is 0.429. The Kier molecular flexibility index (Phi) is 7.16. The Balaban J connectivity index is 1.63. The highest BCUT2D eigenvalue weighted by Gasteiger charge is 2.41. The Hall–Kier alpha value is -4.00. The Bertz CT molecular complexity index is 1700. The van der Waals surface area contributed by atoms with Crippen LogP contribution in [-0.4, -0.2) is 40.3 Å². The number of hydrogen-bond acceptors (Lipinski definition) is 6. The third-order valence-electron chi connectivity index (χ3n) is 9.82. The molecular formula is C35H40N4O3. The van der Waals surface area contributed by atoms with Crippen LogP contribution in [0.1, 0.15) is 89.2 Å². The van der Waals surface area contributed by atoms with Crippen LogP contribution < -0.4 is 0 Å². The van der Waals surface area contributed by atoms with Crippen LogP contribution in [0, 0.1) is 18.8 Å². The summed E-state index contributed by atoms with van der Waals surface area (Å²) in [5, 5.41) is 10.7. The van der Waals surface area contributed by atoms with Crippen LogP contribution in [0.2, 0.25) is 0 Å². The number of H-pyrrole nitrogens is 1. The van der Waals surface area contributed by atoms with E-state index in [-0.39, 0.29) is 17.8 Å². The van der Waals surface area contributed by atoms with Crippen LogP contribution >= 0.6 is 0 Å². The fourth-order valence-corrected chi connectivity index (χ4v) is 7.38. The van der Waals surface area contributed by atoms with Gasteiger partial charge in [-0.15, -0.1) is 0 Å². The Morgan fingerprint density at radius 3 is 2.40 bits per heavy atom. The van der Waals surface area contributed by atoms with E-state index >= 15 is 0 Å². The second-order valence-electron chi connectivity index (χ2n) is 11.9. The summed E-state index contributed by atoms with van der Waals surface area (Å²) in [6.07, 6.45) is 9.96. The number of hydrogen-bond donors (Lipinski definition) is 2. The molecule has 0 radical (unpaired) electrons. The van der Waals surface area contributed by atoms with Gasteiger partial charge in [0.05, 0.1) is 47.5 Å². The van der Waals surface area contributed by atoms with Crippen molar-refractivity contribution < 1.29 is 14.6 Å². The number of aliphatic hydroxyl groups excluding tert-OH is 1. The van der Waals surface area contributed by atoms with Gasteiger partial charge in [0.1, 0.15) is 0 Å². The number of carbonyl (C=O) groups is 1. The van der Waals surface area contributed by atoms with E-state index in [1.165, 1.54) is 35.6 Å². The minimum absolute atomic E-state index is 0.00181. The number of carbonyl (C=O) groups excluding carboxylic acids is 1. The van der Waals surface area contributed by atoms with E-state index in [2.05, 4.69) is 58.7 Å². The molecule has 2 N–H and O–H groups in total. The number of methoxy groups -OCH3 is 1. The second-order valence-corrected chi connectivity index (χ2v) is 11.9. The standard InChI is InChI=1S/C35H40N4O3/c1-8-21-17(3)27-14-30-22(9-2)19(5)32(38-30)26(16-40)33-20(6)24(12-13-31(41)42-7)35(39-33)25-11-10-23-18(4)28(37-34(23)25)15-29(21)36-27/h14-16,20,24,36,40H,8-13H2,1-7H3/b26-16+,28-15?,30-14?,35-25?/t20-,24-/m0/s1. The lowest BCUT2D eigenvalue weighted by molar-refractivity contribution is -0.140. The van der Waals surface area contributed by atoms with Crippen LogP contribution in [0.25, 0.3) is 12.2 Å². The number of esters is 1. The van der Waals surface area contributed by atoms with Gasteiger partial charge < -0.3 is 14.8 Å². The van der Waals surface area contributed by atoms with E-state index in [1.807, 2.05) is 0 Å². The van der Waals surface area contributed by atoms with Crippen LogP contribution in [0.4, 0.5) is 0 Å². The topological polar surface area (TPSA) is 99.4 Å². The predicted molar refractivity (Wildman–Crippen MR) is 170 cm³/mol. The van der Waals surface area contributed by atoms with Gasteiger partial charge in [-0.25, -0.2) is 9.98 Å². The highest BCUT2D eigenvalue weighted by Crippen LogP contribution is 2.47. The Labute approximate surface area is 248 Å². The molecule has 42 heavy (non-hydrogen) atoms. The van der Waals surface area contributed by atoms with Crippen molar-refractivity contribution >= 4 is 35.3 Å². The van der Waals surface area contributed by atoms with Gasteiger partial charge in [-0.05, 0) is 98.4 Å². The summed E-state index contributed by atoms with van der Waals surface area (Å²) >= 11 is 0. The highest BCUT2D eigenvalue weighted by atomic mass is 16.5. The van der Waals surface area contributed by atoms with Gasteiger partial charge in [0.25, 0.3) is 0 Å². The summed E-state index contributed by atoms with van der Waals surface area (Å²) in [6.45, 7) is 12.9. The largest absolute Gasteiger partial charge is 0.515 e. The van der Waals surface area contributed by atoms with E-state index in [0.717, 1.165) is 88.0 Å². The predicted octanol–water partition coefficient (Wildman–Crippen LogP) is 7.68. The van der Waals surface area contributed by atoms with Crippen molar-refractivity contribution in [1.82, 2.24) is 4.98 Å². The third-order valence-corrected chi connectivity index (χ3v) is 9.82. The molecule has 2 atom stereocenters. The molecule has 218 valence electrons. The van der Waals surface area contributed by atoms with E-state index < -0.39 is 0 Å². The lowest BCUT2D eigenvalue weighted by Crippen LogP contribution is -2.22. The van der Waals surface area contributed by atoms with Crippen molar-refractivity contribution in [1.29, 1.82) is 0 Å². The zero-order chi connectivity index (χ0) is 29.9. The molecule has 7 heteroatoms. The van der Waals surface area contributed by atoms with Crippen LogP contribution in [0.3, 0.4) is 0 Å². The first-order valence-corrected chi connectivity index (χ1v) is 15.2. The van der Waals surface area contributed by atoms with Crippen LogP contribution in [0.15, 0.2) is 71.8 Å². The van der Waals surface area contributed by atoms with Gasteiger partial charge in [0.15, 0.2) is 0 Å². The molecule has 0 unspecified atom stereocenters. The molecule has 0 saturated heterocycles. The average molecular weight is 565 g/mol. The molecule has 0 spiro atoms. The number of rotatable bonds is 5. The molecule has 1 aliphatic carbocycles. The Morgan fingerprint density at radius 2 is 1.71 bits per heavy atom. The first-order valence-electron chi connectivity index (χ1n) is 15.2. The lowest BCUT2D eigenvalue weighted by Gasteiger charge is -2.19. The first-order chi connectivity index (χ1) is 20.2. The molecule has 1 fully saturated rings. The van der Waals surface area contributed by atoms with Gasteiger partial charge in [-0.3, -0.25) is 9.79 Å². The van der Waals surface area contributed by atoms with Crippen LogP contribution in [-0.2, 0) is 16.0 Å². The SMILES string of the molecule is CCC1=C(C)C2=NC1=Cc1[nH]c(c(CC)c1C)C=C1N=C3C(=C1C)CCC3=C1N=C(/C2=C/O)[C@@H](C)[C@@H]1CCC(=O)OC. The molecule has 8 bridgehead atoms. The van der Waals surface area contributed by atoms with Gasteiger partial charge in [0, 0.05) is 40.9 Å². The molecule has 1 aromatic heterocycles. The number of aliphatic imine (C=N–C) groups is 3. The molecule has 1 aromatic rings. The number of nitrogens with one attached hydrogen (secondary N) is 1. The molecule has 4 aliphatic heterocycles. The Morgan fingerprint density at radius 1 is 1.00 bits per heavy atom. The summed E-state index contributed by atoms with van der Waals surface area (Å²) in [7, 11) is 1.43. The second kappa shape index (κ2) is 10.7. The van der Waals surface area contributed by atoms with Gasteiger partial charge in [0.2, 0.25) is 0 Å². The third kappa shape index (κ3) is 4.24. The molecule has 5 heterocycles.